The third kappa shape index (κ3) is 3.27. The van der Waals surface area contributed by atoms with Crippen LogP contribution < -0.4 is 15.7 Å². The molecule has 0 saturated carbocycles. The van der Waals surface area contributed by atoms with Crippen molar-refractivity contribution < 1.29 is 13.9 Å². The van der Waals surface area contributed by atoms with Crippen LogP contribution in [0.4, 0.5) is 0 Å². The summed E-state index contributed by atoms with van der Waals surface area (Å²) in [6, 6.07) is 10.7. The van der Waals surface area contributed by atoms with Crippen LogP contribution in [0, 0.1) is 0 Å². The Morgan fingerprint density at radius 2 is 2.17 bits per heavy atom. The van der Waals surface area contributed by atoms with Crippen molar-refractivity contribution >= 4 is 28.2 Å². The molecule has 0 unspecified atom stereocenters. The first kappa shape index (κ1) is 15.3. The number of hydrogen-bond donors (Lipinski definition) is 1. The second-order valence-corrected chi connectivity index (χ2v) is 5.85. The zero-order valence-electron chi connectivity index (χ0n) is 12.5. The van der Waals surface area contributed by atoms with Crippen molar-refractivity contribution in [2.24, 2.45) is 0 Å². The third-order valence-corrected chi connectivity index (χ3v) is 4.15. The molecule has 5 nitrogen and oxygen atoms in total. The van der Waals surface area contributed by atoms with Crippen LogP contribution >= 0.6 is 11.3 Å². The van der Waals surface area contributed by atoms with Crippen LogP contribution in [0.25, 0.3) is 11.0 Å². The Bertz CT molecular complexity index is 883. The molecule has 6 heteroatoms. The Labute approximate surface area is 136 Å². The molecular weight excluding hydrogens is 314 g/mol. The maximum Gasteiger partial charge on any atom is 0.349 e. The SMILES string of the molecule is CCOc1cccc2cc(C(=O)NCc3cccs3)c(=O)oc12. The van der Waals surface area contributed by atoms with E-state index in [1.165, 1.54) is 6.07 Å². The second-order valence-electron chi connectivity index (χ2n) is 4.82. The molecule has 118 valence electrons. The minimum Gasteiger partial charge on any atom is -0.490 e. The Kier molecular flexibility index (Phi) is 4.43. The molecule has 2 aromatic heterocycles. The maximum atomic E-state index is 12.2. The summed E-state index contributed by atoms with van der Waals surface area (Å²) < 4.78 is 10.7. The van der Waals surface area contributed by atoms with Gasteiger partial charge in [0.2, 0.25) is 0 Å². The van der Waals surface area contributed by atoms with Crippen LogP contribution in [0.1, 0.15) is 22.2 Å². The largest absolute Gasteiger partial charge is 0.490 e. The fourth-order valence-corrected chi connectivity index (χ4v) is 2.87. The van der Waals surface area contributed by atoms with E-state index < -0.39 is 11.5 Å². The quantitative estimate of drug-likeness (QED) is 0.730. The number of para-hydroxylation sites is 1. The highest BCUT2D eigenvalue weighted by Gasteiger charge is 2.15. The molecule has 3 aromatic rings. The Balaban J connectivity index is 1.90. The average Bonchev–Trinajstić information content (AvgIpc) is 3.06. The van der Waals surface area contributed by atoms with Crippen molar-refractivity contribution in [3.8, 4) is 5.75 Å². The lowest BCUT2D eigenvalue weighted by molar-refractivity contribution is 0.0947. The number of carbonyl (C=O) groups excluding carboxylic acids is 1. The summed E-state index contributed by atoms with van der Waals surface area (Å²) in [6.07, 6.45) is 0. The number of benzene rings is 1. The molecule has 23 heavy (non-hydrogen) atoms. The summed E-state index contributed by atoms with van der Waals surface area (Å²) in [4.78, 5) is 25.3. The molecule has 0 saturated heterocycles. The first-order chi connectivity index (χ1) is 11.2. The second kappa shape index (κ2) is 6.66. The van der Waals surface area contributed by atoms with Crippen molar-refractivity contribution in [3.63, 3.8) is 0 Å². The van der Waals surface area contributed by atoms with E-state index in [0.717, 1.165) is 4.88 Å². The summed E-state index contributed by atoms with van der Waals surface area (Å²) >= 11 is 1.54. The van der Waals surface area contributed by atoms with Crippen LogP contribution in [0.3, 0.4) is 0 Å². The molecule has 3 rings (SSSR count). The van der Waals surface area contributed by atoms with Crippen molar-refractivity contribution in [2.45, 2.75) is 13.5 Å². The summed E-state index contributed by atoms with van der Waals surface area (Å²) in [7, 11) is 0. The standard InChI is InChI=1S/C17H15NO4S/c1-2-21-14-7-3-5-11-9-13(17(20)22-15(11)14)16(19)18-10-12-6-4-8-23-12/h3-9H,2,10H2,1H3,(H,18,19). The average molecular weight is 329 g/mol. The monoisotopic (exact) mass is 329 g/mol. The molecule has 0 atom stereocenters. The highest BCUT2D eigenvalue weighted by atomic mass is 32.1. The summed E-state index contributed by atoms with van der Waals surface area (Å²) in [6.45, 7) is 2.70. The van der Waals surface area contributed by atoms with Gasteiger partial charge in [0.25, 0.3) is 5.91 Å². The number of thiophene rings is 1. The number of nitrogens with one attached hydrogen (secondary N) is 1. The van der Waals surface area contributed by atoms with Crippen LogP contribution in [-0.4, -0.2) is 12.5 Å². The van der Waals surface area contributed by atoms with E-state index in [2.05, 4.69) is 5.32 Å². The molecule has 1 aromatic carbocycles. The molecule has 0 aliphatic heterocycles. The van der Waals surface area contributed by atoms with E-state index in [0.29, 0.717) is 29.9 Å². The van der Waals surface area contributed by atoms with Gasteiger partial charge in [-0.2, -0.15) is 0 Å². The van der Waals surface area contributed by atoms with Crippen LogP contribution in [0.2, 0.25) is 0 Å². The van der Waals surface area contributed by atoms with E-state index in [1.54, 1.807) is 29.5 Å². The highest BCUT2D eigenvalue weighted by Crippen LogP contribution is 2.24. The number of amides is 1. The van der Waals surface area contributed by atoms with Gasteiger partial charge in [0, 0.05) is 10.3 Å². The third-order valence-electron chi connectivity index (χ3n) is 3.27. The number of fused-ring (bicyclic) bond motifs is 1. The number of rotatable bonds is 5. The Morgan fingerprint density at radius 3 is 2.91 bits per heavy atom. The van der Waals surface area contributed by atoms with Gasteiger partial charge in [-0.3, -0.25) is 4.79 Å². The fraction of sp³-hybridized carbons (Fsp3) is 0.176. The molecule has 0 aliphatic rings. The molecule has 0 spiro atoms. The van der Waals surface area contributed by atoms with Crippen LogP contribution in [0.15, 0.2) is 51.0 Å². The maximum absolute atomic E-state index is 12.2. The predicted molar refractivity (Wildman–Crippen MR) is 89.1 cm³/mol. The van der Waals surface area contributed by atoms with Gasteiger partial charge >= 0.3 is 5.63 Å². The summed E-state index contributed by atoms with van der Waals surface area (Å²) in [5.74, 6) is 0.0449. The van der Waals surface area contributed by atoms with Gasteiger partial charge in [-0.05, 0) is 30.5 Å². The van der Waals surface area contributed by atoms with Gasteiger partial charge in [0.15, 0.2) is 11.3 Å². The van der Waals surface area contributed by atoms with E-state index in [9.17, 15) is 9.59 Å². The molecule has 2 heterocycles. The van der Waals surface area contributed by atoms with Gasteiger partial charge < -0.3 is 14.5 Å². The first-order valence-corrected chi connectivity index (χ1v) is 8.07. The van der Waals surface area contributed by atoms with Crippen molar-refractivity contribution in [1.29, 1.82) is 0 Å². The minimum atomic E-state index is -0.673. The van der Waals surface area contributed by atoms with Gasteiger partial charge in [0.05, 0.1) is 13.2 Å². The van der Waals surface area contributed by atoms with E-state index in [-0.39, 0.29) is 5.56 Å². The number of hydrogen-bond acceptors (Lipinski definition) is 5. The van der Waals surface area contributed by atoms with Crippen molar-refractivity contribution in [2.75, 3.05) is 6.61 Å². The van der Waals surface area contributed by atoms with Gasteiger partial charge in [0.1, 0.15) is 5.56 Å². The molecule has 0 radical (unpaired) electrons. The van der Waals surface area contributed by atoms with Gasteiger partial charge in [-0.1, -0.05) is 18.2 Å². The van der Waals surface area contributed by atoms with Crippen molar-refractivity contribution in [1.82, 2.24) is 5.32 Å². The Hall–Kier alpha value is -2.60. The van der Waals surface area contributed by atoms with Gasteiger partial charge in [-0.15, -0.1) is 11.3 Å². The van der Waals surface area contributed by atoms with Gasteiger partial charge in [-0.25, -0.2) is 4.79 Å². The van der Waals surface area contributed by atoms with E-state index >= 15 is 0 Å². The molecule has 0 fully saturated rings. The number of carbonyl (C=O) groups is 1. The smallest absolute Gasteiger partial charge is 0.349 e. The lowest BCUT2D eigenvalue weighted by Gasteiger charge is -2.07. The normalized spacial score (nSPS) is 10.7. The van der Waals surface area contributed by atoms with Crippen LogP contribution in [0.5, 0.6) is 5.75 Å². The van der Waals surface area contributed by atoms with E-state index in [1.807, 2.05) is 24.4 Å². The lowest BCUT2D eigenvalue weighted by atomic mass is 10.1. The molecule has 1 N–H and O–H groups in total. The predicted octanol–water partition coefficient (Wildman–Crippen LogP) is 3.18. The minimum absolute atomic E-state index is 0.0114. The van der Waals surface area contributed by atoms with E-state index in [4.69, 9.17) is 9.15 Å². The van der Waals surface area contributed by atoms with Crippen molar-refractivity contribution in [3.05, 3.63) is 62.6 Å². The first-order valence-electron chi connectivity index (χ1n) is 7.19. The molecular formula is C17H15NO4S. The molecule has 0 aliphatic carbocycles. The topological polar surface area (TPSA) is 68.5 Å². The zero-order valence-corrected chi connectivity index (χ0v) is 13.3. The zero-order chi connectivity index (χ0) is 16.2. The number of ether oxygens (including phenoxy) is 1. The molecule has 0 bridgehead atoms. The van der Waals surface area contributed by atoms with Crippen LogP contribution in [-0.2, 0) is 6.54 Å². The Morgan fingerprint density at radius 1 is 1.30 bits per heavy atom. The summed E-state index contributed by atoms with van der Waals surface area (Å²) in [5.41, 5.74) is -0.329. The lowest BCUT2D eigenvalue weighted by Crippen LogP contribution is -2.27. The fourth-order valence-electron chi connectivity index (χ4n) is 2.22. The molecule has 1 amide bonds. The highest BCUT2D eigenvalue weighted by molar-refractivity contribution is 7.09. The summed E-state index contributed by atoms with van der Waals surface area (Å²) in [5, 5.41) is 5.31.